The maximum atomic E-state index is 13.5. The molecule has 1 aliphatic rings. The van der Waals surface area contributed by atoms with E-state index < -0.39 is 36.3 Å². The van der Waals surface area contributed by atoms with Crippen LogP contribution >= 0.6 is 0 Å². The predicted octanol–water partition coefficient (Wildman–Crippen LogP) is 3.55. The first-order valence-corrected chi connectivity index (χ1v) is 8.52. The fourth-order valence-corrected chi connectivity index (χ4v) is 3.45. The van der Waals surface area contributed by atoms with Crippen LogP contribution in [0.2, 0.25) is 0 Å². The number of benzene rings is 1. The Labute approximate surface area is 157 Å². The number of alkyl halides is 3. The molecule has 1 unspecified atom stereocenters. The van der Waals surface area contributed by atoms with Gasteiger partial charge in [-0.05, 0) is 26.0 Å². The molecule has 28 heavy (non-hydrogen) atoms. The van der Waals surface area contributed by atoms with Crippen molar-refractivity contribution in [1.82, 2.24) is 14.7 Å². The van der Waals surface area contributed by atoms with Crippen LogP contribution in [0.4, 0.5) is 22.0 Å². The van der Waals surface area contributed by atoms with E-state index in [1.54, 1.807) is 6.92 Å². The lowest BCUT2D eigenvalue weighted by atomic mass is 10.0. The maximum absolute atomic E-state index is 13.5. The summed E-state index contributed by atoms with van der Waals surface area (Å²) >= 11 is 0. The molecular formula is C18H18F5N3O2. The molecule has 0 aliphatic carbocycles. The Morgan fingerprint density at radius 2 is 1.86 bits per heavy atom. The molecule has 1 saturated heterocycles. The van der Waals surface area contributed by atoms with Gasteiger partial charge in [-0.3, -0.25) is 9.48 Å². The summed E-state index contributed by atoms with van der Waals surface area (Å²) in [7, 11) is 0. The smallest absolute Gasteiger partial charge is 0.377 e. The number of aryl methyl sites for hydroxylation is 1. The molecule has 0 saturated carbocycles. The van der Waals surface area contributed by atoms with E-state index in [0.29, 0.717) is 17.3 Å². The number of halogens is 5. The minimum Gasteiger partial charge on any atom is -0.377 e. The van der Waals surface area contributed by atoms with E-state index in [1.807, 2.05) is 0 Å². The van der Waals surface area contributed by atoms with Crippen LogP contribution in [0.5, 0.6) is 0 Å². The Bertz CT molecular complexity index is 874. The summed E-state index contributed by atoms with van der Waals surface area (Å²) in [5.41, 5.74) is 0.852. The monoisotopic (exact) mass is 403 g/mol. The molecule has 1 amide bonds. The van der Waals surface area contributed by atoms with Gasteiger partial charge in [-0.15, -0.1) is 0 Å². The highest BCUT2D eigenvalue weighted by molar-refractivity contribution is 5.94. The van der Waals surface area contributed by atoms with Crippen LogP contribution in [0.1, 0.15) is 33.4 Å². The van der Waals surface area contributed by atoms with Crippen LogP contribution in [0.25, 0.3) is 0 Å². The molecule has 0 radical (unpaired) electrons. The van der Waals surface area contributed by atoms with Crippen molar-refractivity contribution in [3.8, 4) is 0 Å². The van der Waals surface area contributed by atoms with Crippen LogP contribution < -0.4 is 0 Å². The Morgan fingerprint density at radius 1 is 1.21 bits per heavy atom. The second-order valence-electron chi connectivity index (χ2n) is 6.60. The van der Waals surface area contributed by atoms with E-state index in [0.717, 1.165) is 16.8 Å². The molecule has 2 heterocycles. The van der Waals surface area contributed by atoms with Crippen molar-refractivity contribution in [3.05, 3.63) is 52.3 Å². The largest absolute Gasteiger partial charge is 0.408 e. The highest BCUT2D eigenvalue weighted by Gasteiger charge is 2.35. The summed E-state index contributed by atoms with van der Waals surface area (Å²) in [5, 5.41) is 3.95. The third-order valence-electron chi connectivity index (χ3n) is 4.60. The first-order chi connectivity index (χ1) is 13.1. The zero-order chi connectivity index (χ0) is 20.6. The van der Waals surface area contributed by atoms with Crippen molar-refractivity contribution in [2.24, 2.45) is 0 Å². The minimum absolute atomic E-state index is 0.0446. The quantitative estimate of drug-likeness (QED) is 0.737. The average Bonchev–Trinajstić information content (AvgIpc) is 2.85. The molecule has 1 fully saturated rings. The molecule has 5 nitrogen and oxygen atoms in total. The molecule has 1 aromatic heterocycles. The van der Waals surface area contributed by atoms with Gasteiger partial charge in [0.2, 0.25) is 0 Å². The molecule has 0 spiro atoms. The van der Waals surface area contributed by atoms with E-state index >= 15 is 0 Å². The number of ether oxygens (including phenoxy) is 1. The van der Waals surface area contributed by atoms with Crippen LogP contribution in [0.15, 0.2) is 18.2 Å². The molecule has 152 valence electrons. The van der Waals surface area contributed by atoms with Crippen LogP contribution in [0.3, 0.4) is 0 Å². The van der Waals surface area contributed by atoms with Gasteiger partial charge < -0.3 is 9.64 Å². The number of hydrogen-bond donors (Lipinski definition) is 0. The van der Waals surface area contributed by atoms with Crippen LogP contribution in [-0.2, 0) is 11.3 Å². The zero-order valence-electron chi connectivity index (χ0n) is 15.2. The topological polar surface area (TPSA) is 47.4 Å². The number of rotatable bonds is 3. The molecule has 1 aliphatic heterocycles. The Hall–Kier alpha value is -2.49. The summed E-state index contributed by atoms with van der Waals surface area (Å²) in [6.07, 6.45) is -4.45. The SMILES string of the molecule is Cc1nn(CC(F)(F)F)c(C)c1C1COCCN1C(=O)c1cc(F)cc(F)c1. The van der Waals surface area contributed by atoms with Gasteiger partial charge in [-0.1, -0.05) is 0 Å². The molecule has 1 aromatic carbocycles. The van der Waals surface area contributed by atoms with Gasteiger partial charge in [0.1, 0.15) is 18.2 Å². The first-order valence-electron chi connectivity index (χ1n) is 8.52. The van der Waals surface area contributed by atoms with Crippen molar-refractivity contribution in [2.45, 2.75) is 32.6 Å². The molecule has 2 aromatic rings. The van der Waals surface area contributed by atoms with E-state index in [9.17, 15) is 26.7 Å². The number of carbonyl (C=O) groups excluding carboxylic acids is 1. The number of hydrogen-bond acceptors (Lipinski definition) is 3. The lowest BCUT2D eigenvalue weighted by molar-refractivity contribution is -0.143. The van der Waals surface area contributed by atoms with Crippen molar-refractivity contribution in [2.75, 3.05) is 19.8 Å². The summed E-state index contributed by atoms with van der Waals surface area (Å²) in [6.45, 7) is 2.16. The first kappa shape index (κ1) is 20.2. The fourth-order valence-electron chi connectivity index (χ4n) is 3.45. The fraction of sp³-hybridized carbons (Fsp3) is 0.444. The number of amides is 1. The lowest BCUT2D eigenvalue weighted by Crippen LogP contribution is -2.43. The third-order valence-corrected chi connectivity index (χ3v) is 4.60. The lowest BCUT2D eigenvalue weighted by Gasteiger charge is -2.36. The average molecular weight is 403 g/mol. The van der Waals surface area contributed by atoms with Crippen molar-refractivity contribution >= 4 is 5.91 Å². The van der Waals surface area contributed by atoms with Crippen LogP contribution in [-0.4, -0.2) is 46.5 Å². The molecule has 3 rings (SSSR count). The third kappa shape index (κ3) is 4.16. The van der Waals surface area contributed by atoms with Crippen molar-refractivity contribution < 1.29 is 31.5 Å². The second kappa shape index (κ2) is 7.50. The molecule has 0 bridgehead atoms. The number of carbonyl (C=O) groups is 1. The summed E-state index contributed by atoms with van der Waals surface area (Å²) in [6, 6.07) is 1.79. The highest BCUT2D eigenvalue weighted by Crippen LogP contribution is 2.32. The van der Waals surface area contributed by atoms with Crippen LogP contribution in [0, 0.1) is 25.5 Å². The maximum Gasteiger partial charge on any atom is 0.408 e. The van der Waals surface area contributed by atoms with Gasteiger partial charge in [0, 0.05) is 29.4 Å². The summed E-state index contributed by atoms with van der Waals surface area (Å²) in [5.74, 6) is -2.41. The Morgan fingerprint density at radius 3 is 2.46 bits per heavy atom. The van der Waals surface area contributed by atoms with Gasteiger partial charge in [0.05, 0.1) is 24.9 Å². The Balaban J connectivity index is 1.97. The van der Waals surface area contributed by atoms with Crippen molar-refractivity contribution in [3.63, 3.8) is 0 Å². The second-order valence-corrected chi connectivity index (χ2v) is 6.60. The molecule has 0 N–H and O–H groups in total. The number of morpholine rings is 1. The predicted molar refractivity (Wildman–Crippen MR) is 88.7 cm³/mol. The summed E-state index contributed by atoms with van der Waals surface area (Å²) < 4.78 is 71.6. The van der Waals surface area contributed by atoms with Gasteiger partial charge in [-0.25, -0.2) is 8.78 Å². The van der Waals surface area contributed by atoms with Crippen molar-refractivity contribution in [1.29, 1.82) is 0 Å². The molecule has 1 atom stereocenters. The number of nitrogens with zero attached hydrogens (tertiary/aromatic N) is 3. The van der Waals surface area contributed by atoms with Gasteiger partial charge in [0.15, 0.2) is 0 Å². The van der Waals surface area contributed by atoms with E-state index in [1.165, 1.54) is 11.8 Å². The van der Waals surface area contributed by atoms with Gasteiger partial charge >= 0.3 is 6.18 Å². The molecular weight excluding hydrogens is 385 g/mol. The molecule has 10 heteroatoms. The number of aromatic nitrogens is 2. The van der Waals surface area contributed by atoms with Gasteiger partial charge in [-0.2, -0.15) is 18.3 Å². The zero-order valence-corrected chi connectivity index (χ0v) is 15.2. The standard InChI is InChI=1S/C18H18F5N3O2/c1-10-16(11(2)26(24-10)9-18(21,22)23)15-8-28-4-3-25(15)17(27)12-5-13(19)7-14(20)6-12/h5-7,15H,3-4,8-9H2,1-2H3. The summed E-state index contributed by atoms with van der Waals surface area (Å²) in [4.78, 5) is 14.2. The van der Waals surface area contributed by atoms with Gasteiger partial charge in [0.25, 0.3) is 5.91 Å². The normalized spacial score (nSPS) is 17.8. The van der Waals surface area contributed by atoms with E-state index in [4.69, 9.17) is 4.74 Å². The van der Waals surface area contributed by atoms with E-state index in [2.05, 4.69) is 5.10 Å². The van der Waals surface area contributed by atoms with E-state index in [-0.39, 0.29) is 31.0 Å². The highest BCUT2D eigenvalue weighted by atomic mass is 19.4. The minimum atomic E-state index is -4.45. The Kier molecular flexibility index (Phi) is 5.42.